The number of amides is 2. The summed E-state index contributed by atoms with van der Waals surface area (Å²) in [5, 5.41) is 15.2. The van der Waals surface area contributed by atoms with E-state index in [1.165, 1.54) is 19.2 Å². The van der Waals surface area contributed by atoms with Gasteiger partial charge in [-0.25, -0.2) is 27.0 Å². The first-order valence-electron chi connectivity index (χ1n) is 14.6. The fourth-order valence-electron chi connectivity index (χ4n) is 5.38. The largest absolute Gasteiger partial charge is 0.471 e. The molecule has 0 fully saturated rings. The number of aryl methyl sites for hydroxylation is 1. The van der Waals surface area contributed by atoms with Gasteiger partial charge in [0.2, 0.25) is 21.8 Å². The molecule has 2 N–H and O–H groups in total. The minimum Gasteiger partial charge on any atom is -0.471 e. The number of anilines is 1. The third-order valence-corrected chi connectivity index (χ3v) is 8.88. The summed E-state index contributed by atoms with van der Waals surface area (Å²) in [5.41, 5.74) is -2.22. The summed E-state index contributed by atoms with van der Waals surface area (Å²) in [7, 11) is -3.04. The monoisotopic (exact) mass is 793 g/mol. The highest BCUT2D eigenvalue weighted by Gasteiger charge is 2.58. The average molecular weight is 794 g/mol. The van der Waals surface area contributed by atoms with E-state index in [-0.39, 0.29) is 27.2 Å². The number of sulfonamides is 1. The molecular weight excluding hydrogens is 771 g/mol. The van der Waals surface area contributed by atoms with Crippen LogP contribution in [0.4, 0.5) is 41.3 Å². The van der Waals surface area contributed by atoms with Crippen molar-refractivity contribution in [1.29, 1.82) is 0 Å². The van der Waals surface area contributed by atoms with Crippen molar-refractivity contribution in [2.45, 2.75) is 31.5 Å². The van der Waals surface area contributed by atoms with Crippen molar-refractivity contribution in [3.63, 3.8) is 0 Å². The summed E-state index contributed by atoms with van der Waals surface area (Å²) in [6.07, 6.45) is -7.60. The Balaban J connectivity index is 1.84. The normalized spacial score (nSPS) is 13.0. The number of carboxylic acid groups (broad SMARTS) is 1. The maximum absolute atomic E-state index is 14.4. The minimum absolute atomic E-state index is 0.125. The second kappa shape index (κ2) is 13.8. The number of rotatable bonds is 10. The highest BCUT2D eigenvalue weighted by molar-refractivity contribution is 7.92. The third kappa shape index (κ3) is 7.68. The Bertz CT molecular complexity index is 2460. The molecule has 0 radical (unpaired) electrons. The van der Waals surface area contributed by atoms with Gasteiger partial charge in [0, 0.05) is 32.5 Å². The van der Waals surface area contributed by atoms with Crippen LogP contribution in [0.5, 0.6) is 5.88 Å². The molecule has 0 aliphatic rings. The number of pyridine rings is 1. The molecular formula is C30H23ClF7N7O7S. The zero-order chi connectivity index (χ0) is 39.4. The van der Waals surface area contributed by atoms with Crippen molar-refractivity contribution in [2.24, 2.45) is 7.05 Å². The lowest BCUT2D eigenvalue weighted by molar-refractivity contribution is -0.290. The molecule has 0 aliphatic heterocycles. The minimum atomic E-state index is -5.98. The molecule has 14 nitrogen and oxygen atoms in total. The molecule has 0 aliphatic carbocycles. The molecule has 53 heavy (non-hydrogen) atoms. The van der Waals surface area contributed by atoms with Gasteiger partial charge in [-0.2, -0.15) is 36.3 Å². The molecule has 5 rings (SSSR count). The van der Waals surface area contributed by atoms with Gasteiger partial charge in [-0.05, 0) is 35.9 Å². The molecule has 1 atom stereocenters. The number of ether oxygens (including phenoxy) is 1. The standard InChI is InChI=1S/C30H23ClF7N7O7S/c1-13(46)45(53(3,50)51)26-22-18(31)5-6-20(23(22)43(2)42-26)44-25(19(39-28(48)49)10-14-8-15(32)11-16(33)9-14)41-24-17(27(44)47)4-7-21(40-24)52-12-29(34,35)30(36,37)38/h4-9,11,19,39H,10,12H2,1-3H3,(H,48,49)/t19-/m0/s1. The SMILES string of the molecule is CC(=O)N(c1nn(C)c2c(-n3c([C@H](Cc4cc(F)cc(F)c4)NC(=O)O)nc4nc(OCC(F)(F)C(F)(F)F)ccc4c3=O)ccc(Cl)c12)S(C)(=O)=O. The zero-order valence-corrected chi connectivity index (χ0v) is 28.6. The van der Waals surface area contributed by atoms with E-state index in [0.717, 1.165) is 46.7 Å². The fraction of sp³-hybridized carbons (Fsp3) is 0.267. The van der Waals surface area contributed by atoms with Crippen LogP contribution in [0.25, 0.3) is 27.6 Å². The lowest BCUT2D eigenvalue weighted by atomic mass is 10.0. The molecule has 2 aromatic carbocycles. The van der Waals surface area contributed by atoms with Gasteiger partial charge in [-0.3, -0.25) is 18.8 Å². The number of alkyl halides is 5. The summed E-state index contributed by atoms with van der Waals surface area (Å²) >= 11 is 6.49. The Kier molecular flexibility index (Phi) is 10.1. The van der Waals surface area contributed by atoms with E-state index < -0.39 is 98.9 Å². The number of aromatic nitrogens is 5. The van der Waals surface area contributed by atoms with Crippen LogP contribution >= 0.6 is 11.6 Å². The van der Waals surface area contributed by atoms with Crippen LogP contribution in [0, 0.1) is 11.6 Å². The molecule has 0 saturated heterocycles. The molecule has 0 bridgehead atoms. The number of nitrogens with one attached hydrogen (secondary N) is 1. The van der Waals surface area contributed by atoms with Gasteiger partial charge in [0.25, 0.3) is 5.56 Å². The van der Waals surface area contributed by atoms with Crippen molar-refractivity contribution in [2.75, 3.05) is 17.2 Å². The van der Waals surface area contributed by atoms with E-state index in [1.807, 2.05) is 0 Å². The molecule has 282 valence electrons. The van der Waals surface area contributed by atoms with E-state index in [1.54, 1.807) is 0 Å². The van der Waals surface area contributed by atoms with Crippen molar-refractivity contribution in [1.82, 2.24) is 29.6 Å². The maximum atomic E-state index is 14.4. The molecule has 23 heteroatoms. The van der Waals surface area contributed by atoms with Crippen LogP contribution in [-0.4, -0.2) is 74.8 Å². The second-order valence-corrected chi connectivity index (χ2v) is 13.6. The smallest absolute Gasteiger partial charge is 0.456 e. The third-order valence-electron chi connectivity index (χ3n) is 7.47. The van der Waals surface area contributed by atoms with Crippen molar-refractivity contribution in [3.05, 3.63) is 80.9 Å². The van der Waals surface area contributed by atoms with Crippen molar-refractivity contribution < 1.29 is 58.6 Å². The van der Waals surface area contributed by atoms with Crippen LogP contribution in [0.2, 0.25) is 5.02 Å². The van der Waals surface area contributed by atoms with E-state index >= 15 is 0 Å². The van der Waals surface area contributed by atoms with Crippen LogP contribution < -0.4 is 19.9 Å². The molecule has 2 amide bonds. The molecule has 5 aromatic rings. The summed E-state index contributed by atoms with van der Waals surface area (Å²) in [6, 6.07) is 4.65. The van der Waals surface area contributed by atoms with Gasteiger partial charge in [-0.15, -0.1) is 0 Å². The lowest BCUT2D eigenvalue weighted by Crippen LogP contribution is -2.41. The Hall–Kier alpha value is -5.51. The van der Waals surface area contributed by atoms with Crippen LogP contribution in [0.1, 0.15) is 24.4 Å². The number of hydrogen-bond acceptors (Lipinski definition) is 9. The van der Waals surface area contributed by atoms with Crippen molar-refractivity contribution in [3.8, 4) is 11.6 Å². The van der Waals surface area contributed by atoms with Gasteiger partial charge in [0.1, 0.15) is 17.5 Å². The first-order valence-corrected chi connectivity index (χ1v) is 16.8. The number of nitrogens with zero attached hydrogens (tertiary/aromatic N) is 6. The molecule has 3 aromatic heterocycles. The average Bonchev–Trinajstić information content (AvgIpc) is 3.34. The van der Waals surface area contributed by atoms with Crippen LogP contribution in [0.15, 0.2) is 47.3 Å². The Morgan fingerprint density at radius 3 is 2.26 bits per heavy atom. The number of carbonyl (C=O) groups is 2. The molecule has 0 spiro atoms. The number of benzene rings is 2. The predicted octanol–water partition coefficient (Wildman–Crippen LogP) is 5.04. The Morgan fingerprint density at radius 1 is 1.06 bits per heavy atom. The summed E-state index contributed by atoms with van der Waals surface area (Å²) in [5.74, 6) is -10.3. The molecule has 3 heterocycles. The van der Waals surface area contributed by atoms with Crippen molar-refractivity contribution >= 4 is 61.4 Å². The molecule has 0 saturated carbocycles. The number of hydrogen-bond donors (Lipinski definition) is 2. The van der Waals surface area contributed by atoms with Gasteiger partial charge < -0.3 is 15.2 Å². The van der Waals surface area contributed by atoms with E-state index in [9.17, 15) is 58.6 Å². The van der Waals surface area contributed by atoms with E-state index in [0.29, 0.717) is 10.4 Å². The summed E-state index contributed by atoms with van der Waals surface area (Å²) in [4.78, 5) is 47.0. The van der Waals surface area contributed by atoms with Gasteiger partial charge in [0.15, 0.2) is 18.1 Å². The van der Waals surface area contributed by atoms with Crippen LogP contribution in [0.3, 0.4) is 0 Å². The van der Waals surface area contributed by atoms with Gasteiger partial charge in [-0.1, -0.05) is 11.6 Å². The summed E-state index contributed by atoms with van der Waals surface area (Å²) < 4.78 is 126. The first-order chi connectivity index (χ1) is 24.5. The first kappa shape index (κ1) is 38.7. The fourth-order valence-corrected chi connectivity index (χ4v) is 6.53. The van der Waals surface area contributed by atoms with E-state index in [2.05, 4.69) is 25.1 Å². The number of carbonyl (C=O) groups excluding carboxylic acids is 1. The zero-order valence-electron chi connectivity index (χ0n) is 27.0. The molecule has 0 unspecified atom stereocenters. The number of fused-ring (bicyclic) bond motifs is 2. The topological polar surface area (TPSA) is 179 Å². The quantitative estimate of drug-likeness (QED) is 0.182. The van der Waals surface area contributed by atoms with Gasteiger partial charge >= 0.3 is 18.2 Å². The lowest BCUT2D eigenvalue weighted by Gasteiger charge is -2.23. The maximum Gasteiger partial charge on any atom is 0.456 e. The highest BCUT2D eigenvalue weighted by Crippen LogP contribution is 2.38. The number of halogens is 8. The van der Waals surface area contributed by atoms with E-state index in [4.69, 9.17) is 11.6 Å². The van der Waals surface area contributed by atoms with Gasteiger partial charge in [0.05, 0.1) is 39.3 Å². The highest BCUT2D eigenvalue weighted by atomic mass is 35.5. The Morgan fingerprint density at radius 2 is 1.70 bits per heavy atom. The second-order valence-electron chi connectivity index (χ2n) is 11.4. The predicted molar refractivity (Wildman–Crippen MR) is 173 cm³/mol. The summed E-state index contributed by atoms with van der Waals surface area (Å²) in [6.45, 7) is -1.27. The van der Waals surface area contributed by atoms with Crippen LogP contribution in [-0.2, 0) is 28.3 Å². The Labute approximate surface area is 297 Å².